The molecule has 13 nitrogen and oxygen atoms in total. The average molecular weight is 326 g/mol. The fourth-order valence-electron chi connectivity index (χ4n) is 1.86. The summed E-state index contributed by atoms with van der Waals surface area (Å²) in [6.45, 7) is 3.69. The number of hydrogen-bond acceptors (Lipinski definition) is 9. The van der Waals surface area contributed by atoms with Crippen molar-refractivity contribution in [2.45, 2.75) is 26.9 Å². The molecule has 0 spiro atoms. The van der Waals surface area contributed by atoms with Gasteiger partial charge in [-0.2, -0.15) is 0 Å². The van der Waals surface area contributed by atoms with Crippen molar-refractivity contribution >= 4 is 11.9 Å². The molecule has 2 aromatic heterocycles. The van der Waals surface area contributed by atoms with Crippen LogP contribution in [0, 0.1) is 34.1 Å². The third kappa shape index (κ3) is 4.03. The lowest BCUT2D eigenvalue weighted by Crippen LogP contribution is -2.14. The lowest BCUT2D eigenvalue weighted by molar-refractivity contribution is -0.397. The van der Waals surface area contributed by atoms with Gasteiger partial charge in [0.15, 0.2) is 0 Å². The quantitative estimate of drug-likeness (QED) is 0.370. The van der Waals surface area contributed by atoms with Crippen LogP contribution in [0.25, 0.3) is 0 Å². The van der Waals surface area contributed by atoms with Crippen molar-refractivity contribution < 1.29 is 14.6 Å². The van der Waals surface area contributed by atoms with E-state index in [1.165, 1.54) is 0 Å². The van der Waals surface area contributed by atoms with Crippen LogP contribution in [0.4, 0.5) is 11.9 Å². The van der Waals surface area contributed by atoms with E-state index >= 15 is 0 Å². The zero-order valence-corrected chi connectivity index (χ0v) is 12.4. The molecule has 2 aromatic rings. The van der Waals surface area contributed by atoms with Gasteiger partial charge >= 0.3 is 11.9 Å². The van der Waals surface area contributed by atoms with E-state index in [9.17, 15) is 20.2 Å². The van der Waals surface area contributed by atoms with E-state index in [0.29, 0.717) is 11.6 Å². The standard InChI is InChI=1S/C10H14N8O5/c1-7-11-9(17(19)20)15(13-7)3-5-23-6-4-16-10(18(21)22)12-8(2)14-16/h3-6H2,1-2H3. The third-order valence-electron chi connectivity index (χ3n) is 2.74. The molecule has 13 heteroatoms. The molecule has 0 saturated carbocycles. The van der Waals surface area contributed by atoms with Gasteiger partial charge in [0.1, 0.15) is 13.1 Å². The Bertz CT molecular complexity index is 663. The lowest BCUT2D eigenvalue weighted by Gasteiger charge is -2.02. The van der Waals surface area contributed by atoms with Crippen molar-refractivity contribution in [1.29, 1.82) is 0 Å². The summed E-state index contributed by atoms with van der Waals surface area (Å²) in [5, 5.41) is 29.3. The van der Waals surface area contributed by atoms with Gasteiger partial charge in [-0.25, -0.2) is 0 Å². The van der Waals surface area contributed by atoms with E-state index < -0.39 is 9.85 Å². The number of hydrogen-bond donors (Lipinski definition) is 0. The van der Waals surface area contributed by atoms with Gasteiger partial charge in [-0.3, -0.25) is 0 Å². The first kappa shape index (κ1) is 16.4. The van der Waals surface area contributed by atoms with E-state index in [2.05, 4.69) is 20.2 Å². The molecule has 2 rings (SSSR count). The maximum Gasteiger partial charge on any atom is 0.455 e. The fourth-order valence-corrected chi connectivity index (χ4v) is 1.86. The Kier molecular flexibility index (Phi) is 4.90. The predicted molar refractivity (Wildman–Crippen MR) is 73.6 cm³/mol. The maximum absolute atomic E-state index is 10.8. The van der Waals surface area contributed by atoms with Crippen LogP contribution < -0.4 is 0 Å². The molecule has 0 radical (unpaired) electrons. The van der Waals surface area contributed by atoms with Crippen LogP contribution in [0.15, 0.2) is 0 Å². The number of rotatable bonds is 8. The summed E-state index contributed by atoms with van der Waals surface area (Å²) in [5.74, 6) is -0.113. The summed E-state index contributed by atoms with van der Waals surface area (Å²) >= 11 is 0. The molecule has 0 bridgehead atoms. The molecule has 0 amide bonds. The van der Waals surface area contributed by atoms with E-state index in [-0.39, 0.29) is 38.2 Å². The summed E-state index contributed by atoms with van der Waals surface area (Å²) in [5.41, 5.74) is 0. The molecule has 23 heavy (non-hydrogen) atoms. The first-order valence-corrected chi connectivity index (χ1v) is 6.58. The highest BCUT2D eigenvalue weighted by atomic mass is 16.6. The molecule has 0 aliphatic rings. The smallest absolute Gasteiger partial charge is 0.390 e. The van der Waals surface area contributed by atoms with Crippen molar-refractivity contribution in [3.63, 3.8) is 0 Å². The Balaban J connectivity index is 1.83. The fraction of sp³-hybridized carbons (Fsp3) is 0.600. The van der Waals surface area contributed by atoms with Gasteiger partial charge < -0.3 is 25.0 Å². The van der Waals surface area contributed by atoms with Crippen molar-refractivity contribution in [3.05, 3.63) is 31.9 Å². The van der Waals surface area contributed by atoms with E-state index in [4.69, 9.17) is 4.74 Å². The molecule has 0 aromatic carbocycles. The second-order valence-corrected chi connectivity index (χ2v) is 4.49. The first-order valence-electron chi connectivity index (χ1n) is 6.58. The zero-order chi connectivity index (χ0) is 17.0. The van der Waals surface area contributed by atoms with Crippen molar-refractivity contribution in [2.24, 2.45) is 0 Å². The molecule has 0 aliphatic heterocycles. The second kappa shape index (κ2) is 6.87. The molecule has 0 unspecified atom stereocenters. The second-order valence-electron chi connectivity index (χ2n) is 4.49. The van der Waals surface area contributed by atoms with Crippen LogP contribution in [0.2, 0.25) is 0 Å². The van der Waals surface area contributed by atoms with Gasteiger partial charge in [0, 0.05) is 13.8 Å². The highest BCUT2D eigenvalue weighted by Crippen LogP contribution is 2.08. The van der Waals surface area contributed by atoms with Gasteiger partial charge in [0.05, 0.1) is 13.2 Å². The van der Waals surface area contributed by atoms with E-state index in [1.54, 1.807) is 13.8 Å². The number of nitro groups is 2. The number of aromatic nitrogens is 6. The summed E-state index contributed by atoms with van der Waals surface area (Å²) in [6.07, 6.45) is 0. The van der Waals surface area contributed by atoms with Crippen LogP contribution in [0.3, 0.4) is 0 Å². The summed E-state index contributed by atoms with van der Waals surface area (Å²) < 4.78 is 7.58. The molecule has 0 saturated heterocycles. The van der Waals surface area contributed by atoms with E-state index in [0.717, 1.165) is 9.36 Å². The summed E-state index contributed by atoms with van der Waals surface area (Å²) in [6, 6.07) is 0. The van der Waals surface area contributed by atoms with Gasteiger partial charge in [-0.05, 0) is 19.8 Å². The average Bonchev–Trinajstić information content (AvgIpc) is 3.01. The van der Waals surface area contributed by atoms with Crippen LogP contribution in [0.1, 0.15) is 11.6 Å². The predicted octanol–water partition coefficient (Wildman–Crippen LogP) is 0.0196. The number of ether oxygens (including phenoxy) is 1. The molecule has 2 heterocycles. The SMILES string of the molecule is Cc1nc([N+](=O)[O-])n(CCOCCn2nc(C)nc2[N+](=O)[O-])n1. The Labute approximate surface area is 129 Å². The Morgan fingerprint density at radius 3 is 1.65 bits per heavy atom. The van der Waals surface area contributed by atoms with Crippen LogP contribution in [-0.4, -0.2) is 52.6 Å². The molecule has 124 valence electrons. The highest BCUT2D eigenvalue weighted by molar-refractivity contribution is 5.05. The van der Waals surface area contributed by atoms with Gasteiger partial charge in [0.25, 0.3) is 0 Å². The molecule has 0 fully saturated rings. The minimum atomic E-state index is -0.623. The van der Waals surface area contributed by atoms with Gasteiger partial charge in [-0.15, -0.1) is 9.36 Å². The molecular formula is C10H14N8O5. The van der Waals surface area contributed by atoms with Gasteiger partial charge in [-0.1, -0.05) is 10.2 Å². The Morgan fingerprint density at radius 2 is 1.30 bits per heavy atom. The molecular weight excluding hydrogens is 312 g/mol. The number of nitrogens with zero attached hydrogens (tertiary/aromatic N) is 8. The summed E-state index contributed by atoms with van der Waals surface area (Å²) in [4.78, 5) is 27.7. The van der Waals surface area contributed by atoms with E-state index in [1.807, 2.05) is 0 Å². The zero-order valence-electron chi connectivity index (χ0n) is 12.4. The van der Waals surface area contributed by atoms with Crippen molar-refractivity contribution in [3.8, 4) is 0 Å². The first-order chi connectivity index (χ1) is 10.9. The van der Waals surface area contributed by atoms with Crippen LogP contribution in [0.5, 0.6) is 0 Å². The monoisotopic (exact) mass is 326 g/mol. The third-order valence-corrected chi connectivity index (χ3v) is 2.74. The van der Waals surface area contributed by atoms with Crippen molar-refractivity contribution in [1.82, 2.24) is 29.5 Å². The molecule has 0 atom stereocenters. The topological polar surface area (TPSA) is 157 Å². The van der Waals surface area contributed by atoms with Gasteiger partial charge in [0.2, 0.25) is 11.6 Å². The minimum absolute atomic E-state index is 0.144. The Morgan fingerprint density at radius 1 is 0.913 bits per heavy atom. The highest BCUT2D eigenvalue weighted by Gasteiger charge is 2.20. The number of aryl methyl sites for hydroxylation is 2. The summed E-state index contributed by atoms with van der Waals surface area (Å²) in [7, 11) is 0. The molecule has 0 N–H and O–H groups in total. The van der Waals surface area contributed by atoms with Crippen molar-refractivity contribution in [2.75, 3.05) is 13.2 Å². The largest absolute Gasteiger partial charge is 0.455 e. The molecule has 0 aliphatic carbocycles. The Hall–Kier alpha value is -2.96. The maximum atomic E-state index is 10.8. The normalized spacial score (nSPS) is 10.9. The van der Waals surface area contributed by atoms with Crippen LogP contribution >= 0.6 is 0 Å². The lowest BCUT2D eigenvalue weighted by atomic mass is 10.6. The van der Waals surface area contributed by atoms with Crippen LogP contribution in [-0.2, 0) is 17.8 Å². The minimum Gasteiger partial charge on any atom is -0.390 e.